The van der Waals surface area contributed by atoms with Gasteiger partial charge in [0.1, 0.15) is 0 Å². The number of hydrogen-bond donors (Lipinski definition) is 1. The second kappa shape index (κ2) is 6.34. The molecule has 2 fully saturated rings. The molecule has 1 aromatic carbocycles. The van der Waals surface area contributed by atoms with Gasteiger partial charge in [0.15, 0.2) is 0 Å². The first-order chi connectivity index (χ1) is 11.0. The molecule has 23 heavy (non-hydrogen) atoms. The number of rotatable bonds is 4. The van der Waals surface area contributed by atoms with E-state index in [0.29, 0.717) is 19.0 Å². The molecule has 0 aromatic heterocycles. The van der Waals surface area contributed by atoms with E-state index in [-0.39, 0.29) is 17.7 Å². The smallest absolute Gasteiger partial charge is 0.226 e. The molecule has 2 aliphatic rings. The average Bonchev–Trinajstić information content (AvgIpc) is 3.17. The summed E-state index contributed by atoms with van der Waals surface area (Å²) in [6, 6.07) is 10.3. The molecule has 124 valence electrons. The highest BCUT2D eigenvalue weighted by atomic mass is 16.2. The summed E-state index contributed by atoms with van der Waals surface area (Å²) in [6.07, 6.45) is 4.94. The molecular formula is C19H26N2O2. The third kappa shape index (κ3) is 3.41. The van der Waals surface area contributed by atoms with Crippen LogP contribution in [0.3, 0.4) is 0 Å². The van der Waals surface area contributed by atoms with Crippen LogP contribution in [0, 0.1) is 5.92 Å². The van der Waals surface area contributed by atoms with Crippen molar-refractivity contribution < 1.29 is 9.59 Å². The molecule has 4 nitrogen and oxygen atoms in total. The van der Waals surface area contributed by atoms with Gasteiger partial charge in [-0.3, -0.25) is 9.59 Å². The van der Waals surface area contributed by atoms with E-state index in [9.17, 15) is 9.59 Å². The summed E-state index contributed by atoms with van der Waals surface area (Å²) in [5.41, 5.74) is 0.646. The number of benzene rings is 1. The predicted octanol–water partition coefficient (Wildman–Crippen LogP) is 2.83. The van der Waals surface area contributed by atoms with E-state index in [2.05, 4.69) is 5.32 Å². The Bertz CT molecular complexity index is 576. The maximum atomic E-state index is 12.7. The van der Waals surface area contributed by atoms with Gasteiger partial charge in [0.05, 0.1) is 11.5 Å². The molecule has 1 saturated carbocycles. The van der Waals surface area contributed by atoms with Crippen molar-refractivity contribution in [3.8, 4) is 0 Å². The fourth-order valence-electron chi connectivity index (χ4n) is 3.81. The van der Waals surface area contributed by atoms with E-state index < -0.39 is 5.54 Å². The van der Waals surface area contributed by atoms with Gasteiger partial charge >= 0.3 is 0 Å². The molecule has 1 heterocycles. The first-order valence-electron chi connectivity index (χ1n) is 8.64. The minimum atomic E-state index is -0.428. The number of likely N-dealkylation sites (tertiary alicyclic amines) is 1. The molecule has 1 atom stereocenters. The number of amides is 2. The zero-order chi connectivity index (χ0) is 16.4. The maximum Gasteiger partial charge on any atom is 0.226 e. The monoisotopic (exact) mass is 314 g/mol. The second-order valence-electron chi connectivity index (χ2n) is 7.37. The van der Waals surface area contributed by atoms with E-state index in [1.54, 1.807) is 0 Å². The van der Waals surface area contributed by atoms with Crippen molar-refractivity contribution in [1.29, 1.82) is 0 Å². The lowest BCUT2D eigenvalue weighted by atomic mass is 9.93. The van der Waals surface area contributed by atoms with Crippen LogP contribution in [0.4, 0.5) is 0 Å². The van der Waals surface area contributed by atoms with Crippen LogP contribution >= 0.6 is 0 Å². The Morgan fingerprint density at radius 3 is 2.48 bits per heavy atom. The lowest BCUT2D eigenvalue weighted by molar-refractivity contribution is -0.130. The molecule has 2 amide bonds. The predicted molar refractivity (Wildman–Crippen MR) is 89.7 cm³/mol. The Morgan fingerprint density at radius 2 is 1.83 bits per heavy atom. The van der Waals surface area contributed by atoms with Crippen molar-refractivity contribution in [2.75, 3.05) is 6.54 Å². The van der Waals surface area contributed by atoms with E-state index in [1.807, 2.05) is 49.1 Å². The van der Waals surface area contributed by atoms with Gasteiger partial charge in [-0.15, -0.1) is 0 Å². The standard InChI is InChI=1S/C19H26N2O2/c1-19(2,15-8-4-3-5-9-15)20-18(23)14-12-17(22)21(13-14)16-10-6-7-11-16/h3-5,8-9,14,16H,6-7,10-13H2,1-2H3,(H,20,23)/t14-/m1/s1. The average molecular weight is 314 g/mol. The van der Waals surface area contributed by atoms with Crippen molar-refractivity contribution in [1.82, 2.24) is 10.2 Å². The number of carbonyl (C=O) groups is 2. The van der Waals surface area contributed by atoms with E-state index >= 15 is 0 Å². The van der Waals surface area contributed by atoms with Crippen LogP contribution in [0.25, 0.3) is 0 Å². The van der Waals surface area contributed by atoms with Gasteiger partial charge < -0.3 is 10.2 Å². The van der Waals surface area contributed by atoms with Gasteiger partial charge in [0, 0.05) is 19.0 Å². The number of hydrogen-bond acceptors (Lipinski definition) is 2. The highest BCUT2D eigenvalue weighted by molar-refractivity contribution is 5.89. The Balaban J connectivity index is 1.63. The molecule has 4 heteroatoms. The van der Waals surface area contributed by atoms with E-state index in [1.165, 1.54) is 12.8 Å². The SMILES string of the molecule is CC(C)(NC(=O)[C@@H]1CC(=O)N(C2CCCC2)C1)c1ccccc1. The maximum absolute atomic E-state index is 12.7. The van der Waals surface area contributed by atoms with E-state index in [0.717, 1.165) is 18.4 Å². The molecule has 0 radical (unpaired) electrons. The first-order valence-corrected chi connectivity index (χ1v) is 8.64. The minimum Gasteiger partial charge on any atom is -0.347 e. The van der Waals surface area contributed by atoms with Crippen LogP contribution in [-0.4, -0.2) is 29.3 Å². The highest BCUT2D eigenvalue weighted by Crippen LogP contribution is 2.30. The molecule has 0 bridgehead atoms. The molecule has 3 rings (SSSR count). The van der Waals surface area contributed by atoms with Gasteiger partial charge in [0.2, 0.25) is 11.8 Å². The Labute approximate surface area is 138 Å². The van der Waals surface area contributed by atoms with Crippen LogP contribution in [-0.2, 0) is 15.1 Å². The molecule has 1 aromatic rings. The minimum absolute atomic E-state index is 0.00676. The van der Waals surface area contributed by atoms with Crippen LogP contribution < -0.4 is 5.32 Å². The molecule has 1 saturated heterocycles. The number of nitrogens with one attached hydrogen (secondary N) is 1. The lowest BCUT2D eigenvalue weighted by Gasteiger charge is -2.29. The Hall–Kier alpha value is -1.84. The number of carbonyl (C=O) groups excluding carboxylic acids is 2. The van der Waals surface area contributed by atoms with E-state index in [4.69, 9.17) is 0 Å². The first kappa shape index (κ1) is 16.0. The van der Waals surface area contributed by atoms with Crippen molar-refractivity contribution in [2.45, 2.75) is 57.5 Å². The fourth-order valence-corrected chi connectivity index (χ4v) is 3.81. The molecular weight excluding hydrogens is 288 g/mol. The zero-order valence-corrected chi connectivity index (χ0v) is 14.0. The molecule has 0 unspecified atom stereocenters. The van der Waals surface area contributed by atoms with Crippen LogP contribution in [0.1, 0.15) is 51.5 Å². The van der Waals surface area contributed by atoms with Crippen LogP contribution in [0.15, 0.2) is 30.3 Å². The summed E-state index contributed by atoms with van der Waals surface area (Å²) in [7, 11) is 0. The van der Waals surface area contributed by atoms with Crippen molar-refractivity contribution in [3.63, 3.8) is 0 Å². The van der Waals surface area contributed by atoms with Gasteiger partial charge in [-0.1, -0.05) is 43.2 Å². The summed E-state index contributed by atoms with van der Waals surface area (Å²) in [4.78, 5) is 26.9. The summed E-state index contributed by atoms with van der Waals surface area (Å²) in [5.74, 6) is -0.0756. The third-order valence-corrected chi connectivity index (χ3v) is 5.23. The summed E-state index contributed by atoms with van der Waals surface area (Å²) in [6.45, 7) is 4.59. The molecule has 0 spiro atoms. The Kier molecular flexibility index (Phi) is 4.42. The van der Waals surface area contributed by atoms with Crippen molar-refractivity contribution in [2.24, 2.45) is 5.92 Å². The largest absolute Gasteiger partial charge is 0.347 e. The van der Waals surface area contributed by atoms with Gasteiger partial charge in [-0.2, -0.15) is 0 Å². The van der Waals surface area contributed by atoms with Crippen molar-refractivity contribution in [3.05, 3.63) is 35.9 Å². The normalized spacial score (nSPS) is 22.6. The van der Waals surface area contributed by atoms with Gasteiger partial charge in [-0.25, -0.2) is 0 Å². The molecule has 1 aliphatic carbocycles. The molecule has 1 aliphatic heterocycles. The summed E-state index contributed by atoms with van der Waals surface area (Å²) in [5, 5.41) is 3.13. The van der Waals surface area contributed by atoms with Crippen LogP contribution in [0.5, 0.6) is 0 Å². The van der Waals surface area contributed by atoms with Crippen LogP contribution in [0.2, 0.25) is 0 Å². The van der Waals surface area contributed by atoms with Crippen molar-refractivity contribution >= 4 is 11.8 Å². The second-order valence-corrected chi connectivity index (χ2v) is 7.37. The zero-order valence-electron chi connectivity index (χ0n) is 14.0. The summed E-state index contributed by atoms with van der Waals surface area (Å²) < 4.78 is 0. The third-order valence-electron chi connectivity index (χ3n) is 5.23. The number of nitrogens with zero attached hydrogens (tertiary/aromatic N) is 1. The Morgan fingerprint density at radius 1 is 1.17 bits per heavy atom. The molecule has 1 N–H and O–H groups in total. The topological polar surface area (TPSA) is 49.4 Å². The van der Waals surface area contributed by atoms with Gasteiger partial charge in [0.25, 0.3) is 0 Å². The lowest BCUT2D eigenvalue weighted by Crippen LogP contribution is -2.45. The van der Waals surface area contributed by atoms with Gasteiger partial charge in [-0.05, 0) is 32.3 Å². The summed E-state index contributed by atoms with van der Waals surface area (Å²) >= 11 is 0. The highest BCUT2D eigenvalue weighted by Gasteiger charge is 2.39. The quantitative estimate of drug-likeness (QED) is 0.929. The fraction of sp³-hybridized carbons (Fsp3) is 0.579.